The van der Waals surface area contributed by atoms with Crippen molar-refractivity contribution in [1.82, 2.24) is 0 Å². The Kier molecular flexibility index (Phi) is 6.58. The molecule has 0 aliphatic carbocycles. The first kappa shape index (κ1) is 10.5. The van der Waals surface area contributed by atoms with Gasteiger partial charge in [-0.05, 0) is 5.56 Å². The van der Waals surface area contributed by atoms with Gasteiger partial charge in [-0.25, -0.2) is 0 Å². The average molecular weight is 160 g/mol. The maximum atomic E-state index is 9.97. The zero-order chi connectivity index (χ0) is 6.53. The molecule has 1 nitrogen and oxygen atoms in total. The van der Waals surface area contributed by atoms with Crippen LogP contribution in [0.5, 0.6) is 0 Å². The molecule has 0 aliphatic heterocycles. The fraction of sp³-hybridized carbons (Fsp3) is 0.125. The second-order valence-corrected chi connectivity index (χ2v) is 1.86. The molecular weight excluding hydrogens is 151 g/mol. The van der Waals surface area contributed by atoms with E-state index in [2.05, 4.69) is 0 Å². The summed E-state index contributed by atoms with van der Waals surface area (Å²) < 4.78 is 0. The molecule has 0 N–H and O–H groups in total. The van der Waals surface area contributed by atoms with Gasteiger partial charge in [-0.2, -0.15) is 0 Å². The van der Waals surface area contributed by atoms with Crippen LogP contribution in [0, 0.1) is 0 Å². The minimum atomic E-state index is 0. The number of aldehydes is 1. The summed E-state index contributed by atoms with van der Waals surface area (Å²) in [4.78, 5) is 9.97. The molecule has 0 radical (unpaired) electrons. The molecule has 0 fully saturated rings. The summed E-state index contributed by atoms with van der Waals surface area (Å²) in [6, 6.07) is 9.68. The van der Waals surface area contributed by atoms with Crippen LogP contribution >= 0.6 is 0 Å². The van der Waals surface area contributed by atoms with Crippen LogP contribution in [-0.4, -0.2) is 6.29 Å². The predicted octanol–water partition coefficient (Wildman–Crippen LogP) is -1.46. The molecule has 48 valence electrons. The van der Waals surface area contributed by atoms with Gasteiger partial charge in [0, 0.05) is 6.42 Å². The van der Waals surface area contributed by atoms with Gasteiger partial charge in [-0.15, -0.1) is 0 Å². The number of carbonyl (C=O) groups is 1. The quantitative estimate of drug-likeness (QED) is 0.382. The van der Waals surface area contributed by atoms with Gasteiger partial charge in [0.1, 0.15) is 6.29 Å². The fourth-order valence-corrected chi connectivity index (χ4v) is 0.710. The first-order valence-corrected chi connectivity index (χ1v) is 2.91. The number of hydrogen-bond acceptors (Lipinski definition) is 1. The molecule has 0 saturated carbocycles. The van der Waals surface area contributed by atoms with Gasteiger partial charge in [0.2, 0.25) is 0 Å². The van der Waals surface area contributed by atoms with Crippen LogP contribution < -0.4 is 51.4 Å². The molecule has 0 atom stereocenters. The molecule has 1 aromatic rings. The Labute approximate surface area is 105 Å². The molecule has 0 unspecified atom stereocenters. The maximum Gasteiger partial charge on any atom is 1.00 e. The predicted molar refractivity (Wildman–Crippen MR) is 37.3 cm³/mol. The Bertz CT molecular complexity index is 189. The minimum Gasteiger partial charge on any atom is -1.00 e. The Morgan fingerprint density at radius 3 is 2.40 bits per heavy atom. The zero-order valence-electron chi connectivity index (χ0n) is 7.08. The number of benzene rings is 1. The van der Waals surface area contributed by atoms with Gasteiger partial charge in [0.05, 0.1) is 0 Å². The van der Waals surface area contributed by atoms with Crippen molar-refractivity contribution in [1.29, 1.82) is 0 Å². The second-order valence-electron chi connectivity index (χ2n) is 1.86. The number of hydrogen-bond donors (Lipinski definition) is 0. The van der Waals surface area contributed by atoms with E-state index in [0.717, 1.165) is 11.8 Å². The molecule has 10 heavy (non-hydrogen) atoms. The van der Waals surface area contributed by atoms with Crippen molar-refractivity contribution in [3.05, 3.63) is 35.9 Å². The van der Waals surface area contributed by atoms with Crippen LogP contribution in [0.3, 0.4) is 0 Å². The Hall–Kier alpha value is 0.526. The average Bonchev–Trinajstić information content (AvgIpc) is 1.91. The number of rotatable bonds is 2. The van der Waals surface area contributed by atoms with E-state index in [1.54, 1.807) is 0 Å². The van der Waals surface area contributed by atoms with Gasteiger partial charge in [-0.3, -0.25) is 0 Å². The van der Waals surface area contributed by atoms with E-state index < -0.39 is 0 Å². The van der Waals surface area contributed by atoms with Crippen molar-refractivity contribution in [3.63, 3.8) is 0 Å². The van der Waals surface area contributed by atoms with Gasteiger partial charge < -0.3 is 6.22 Å². The van der Waals surface area contributed by atoms with Crippen LogP contribution in [0.2, 0.25) is 0 Å². The first-order valence-electron chi connectivity index (χ1n) is 2.91. The fourth-order valence-electron chi connectivity index (χ4n) is 0.710. The molecule has 0 bridgehead atoms. The first-order chi connectivity index (χ1) is 4.43. The van der Waals surface area contributed by atoms with Crippen molar-refractivity contribution in [2.75, 3.05) is 0 Å². The summed E-state index contributed by atoms with van der Waals surface area (Å²) in [6.07, 6.45) is 1.44. The van der Waals surface area contributed by atoms with Crippen LogP contribution in [0.25, 0.3) is 0 Å². The summed E-state index contributed by atoms with van der Waals surface area (Å²) in [6.45, 7) is 0. The third-order valence-corrected chi connectivity index (χ3v) is 1.16. The summed E-state index contributed by atoms with van der Waals surface area (Å²) in [5, 5.41) is 0. The van der Waals surface area contributed by atoms with Gasteiger partial charge >= 0.3 is 51.4 Å². The Morgan fingerprint density at radius 1 is 1.30 bits per heavy atom. The monoisotopic (exact) mass is 160 g/mol. The largest absolute Gasteiger partial charge is 1.00 e. The normalized spacial score (nSPS) is 8.00. The van der Waals surface area contributed by atoms with Crippen molar-refractivity contribution in [2.24, 2.45) is 0 Å². The van der Waals surface area contributed by atoms with Crippen molar-refractivity contribution in [2.45, 2.75) is 6.42 Å². The van der Waals surface area contributed by atoms with Crippen molar-refractivity contribution in [3.8, 4) is 0 Å². The van der Waals surface area contributed by atoms with E-state index in [4.69, 9.17) is 0 Å². The van der Waals surface area contributed by atoms with E-state index in [-0.39, 0.29) is 52.8 Å². The molecule has 2 heteroatoms. The van der Waals surface area contributed by atoms with Crippen LogP contribution in [0.1, 0.15) is 6.99 Å². The van der Waals surface area contributed by atoms with E-state index in [9.17, 15) is 4.79 Å². The van der Waals surface area contributed by atoms with E-state index in [1.807, 2.05) is 30.3 Å². The smallest absolute Gasteiger partial charge is 1.00 e. The standard InChI is InChI=1S/C8H8O.K.H/c9-7-6-8-4-2-1-3-5-8;;/h1-5,7H,6H2;;/q;+1;-1. The molecule has 0 saturated heterocycles. The maximum absolute atomic E-state index is 9.97. The molecule has 0 aromatic heterocycles. The number of carbonyl (C=O) groups excluding carboxylic acids is 1. The second kappa shape index (κ2) is 6.25. The molecule has 0 amide bonds. The third kappa shape index (κ3) is 3.64. The zero-order valence-corrected chi connectivity index (χ0v) is 9.20. The van der Waals surface area contributed by atoms with Crippen molar-refractivity contribution >= 4 is 6.29 Å². The summed E-state index contributed by atoms with van der Waals surface area (Å²) >= 11 is 0. The van der Waals surface area contributed by atoms with Gasteiger partial charge in [0.25, 0.3) is 0 Å². The Balaban J connectivity index is 0. The van der Waals surface area contributed by atoms with E-state index >= 15 is 0 Å². The summed E-state index contributed by atoms with van der Waals surface area (Å²) in [5.74, 6) is 0. The van der Waals surface area contributed by atoms with Crippen molar-refractivity contribution < 1.29 is 57.6 Å². The van der Waals surface area contributed by atoms with Crippen LogP contribution in [0.4, 0.5) is 0 Å². The molecular formula is C8H9KO. The van der Waals surface area contributed by atoms with Gasteiger partial charge in [-0.1, -0.05) is 30.3 Å². The molecule has 0 aliphatic rings. The summed E-state index contributed by atoms with van der Waals surface area (Å²) in [5.41, 5.74) is 1.08. The molecule has 1 rings (SSSR count). The SMILES string of the molecule is O=CCc1ccccc1.[H-].[K+]. The van der Waals surface area contributed by atoms with Crippen LogP contribution in [-0.2, 0) is 11.2 Å². The van der Waals surface area contributed by atoms with E-state index in [1.165, 1.54) is 0 Å². The Morgan fingerprint density at radius 2 is 1.90 bits per heavy atom. The van der Waals surface area contributed by atoms with E-state index in [0.29, 0.717) is 6.42 Å². The topological polar surface area (TPSA) is 17.1 Å². The third-order valence-electron chi connectivity index (χ3n) is 1.16. The van der Waals surface area contributed by atoms with Crippen LogP contribution in [0.15, 0.2) is 30.3 Å². The molecule has 1 aromatic carbocycles. The summed E-state index contributed by atoms with van der Waals surface area (Å²) in [7, 11) is 0. The minimum absolute atomic E-state index is 0. The molecule has 0 heterocycles. The molecule has 0 spiro atoms. The van der Waals surface area contributed by atoms with Gasteiger partial charge in [0.15, 0.2) is 0 Å².